The topological polar surface area (TPSA) is 39.7 Å². The molecule has 4 rings (SSSR count). The molecule has 5 nitrogen and oxygen atoms in total. The zero-order valence-corrected chi connectivity index (χ0v) is 16.6. The molecular formula is C21H24N4OS. The molecule has 0 radical (unpaired) electrons. The lowest BCUT2D eigenvalue weighted by Gasteiger charge is -2.34. The summed E-state index contributed by atoms with van der Waals surface area (Å²) in [7, 11) is 3.98. The first-order valence-corrected chi connectivity index (χ1v) is 10.1. The van der Waals surface area contributed by atoms with Crippen LogP contribution >= 0.6 is 11.3 Å². The fourth-order valence-electron chi connectivity index (χ4n) is 3.39. The number of hydrogen-bond acceptors (Lipinski definition) is 5. The first kappa shape index (κ1) is 17.9. The van der Waals surface area contributed by atoms with E-state index in [4.69, 9.17) is 4.98 Å². The number of aromatic nitrogens is 1. The summed E-state index contributed by atoms with van der Waals surface area (Å²) in [6, 6.07) is 16.1. The van der Waals surface area contributed by atoms with E-state index in [9.17, 15) is 4.79 Å². The predicted octanol–water partition coefficient (Wildman–Crippen LogP) is 3.32. The number of carbonyl (C=O) groups excluding carboxylic acids is 1. The Kier molecular flexibility index (Phi) is 5.09. The van der Waals surface area contributed by atoms with Crippen molar-refractivity contribution in [3.8, 4) is 0 Å². The molecule has 1 fully saturated rings. The SMILES string of the molecule is CN(C)c1cccc(C(=O)N2CCN(Cc3nc4ccccc4s3)CC2)c1. The summed E-state index contributed by atoms with van der Waals surface area (Å²) in [6.45, 7) is 4.15. The second-order valence-electron chi connectivity index (χ2n) is 7.09. The van der Waals surface area contributed by atoms with Crippen molar-refractivity contribution in [2.45, 2.75) is 6.54 Å². The second kappa shape index (κ2) is 7.66. The number of para-hydroxylation sites is 1. The summed E-state index contributed by atoms with van der Waals surface area (Å²) in [5.74, 6) is 0.123. The van der Waals surface area contributed by atoms with Crippen LogP contribution in [0.3, 0.4) is 0 Å². The maximum Gasteiger partial charge on any atom is 0.254 e. The van der Waals surface area contributed by atoms with Gasteiger partial charge in [0.05, 0.1) is 16.8 Å². The molecule has 0 bridgehead atoms. The highest BCUT2D eigenvalue weighted by molar-refractivity contribution is 7.18. The number of fused-ring (bicyclic) bond motifs is 1. The highest BCUT2D eigenvalue weighted by Gasteiger charge is 2.23. The molecule has 0 spiro atoms. The molecule has 1 aromatic heterocycles. The number of piperazine rings is 1. The molecule has 0 unspecified atom stereocenters. The molecule has 6 heteroatoms. The second-order valence-corrected chi connectivity index (χ2v) is 8.20. The van der Waals surface area contributed by atoms with E-state index in [2.05, 4.69) is 23.1 Å². The van der Waals surface area contributed by atoms with Gasteiger partial charge in [0.15, 0.2) is 0 Å². The number of anilines is 1. The Labute approximate surface area is 163 Å². The van der Waals surface area contributed by atoms with Gasteiger partial charge in [0.1, 0.15) is 5.01 Å². The molecule has 1 amide bonds. The number of rotatable bonds is 4. The van der Waals surface area contributed by atoms with Crippen LogP contribution in [0.15, 0.2) is 48.5 Å². The van der Waals surface area contributed by atoms with E-state index in [0.29, 0.717) is 0 Å². The van der Waals surface area contributed by atoms with Gasteiger partial charge < -0.3 is 9.80 Å². The van der Waals surface area contributed by atoms with Gasteiger partial charge in [0, 0.05) is 51.5 Å². The van der Waals surface area contributed by atoms with E-state index >= 15 is 0 Å². The number of hydrogen-bond donors (Lipinski definition) is 0. The molecule has 3 aromatic rings. The molecule has 0 atom stereocenters. The van der Waals surface area contributed by atoms with Crippen LogP contribution in [0.4, 0.5) is 5.69 Å². The van der Waals surface area contributed by atoms with Gasteiger partial charge >= 0.3 is 0 Å². The van der Waals surface area contributed by atoms with Crippen LogP contribution in [0.2, 0.25) is 0 Å². The Hall–Kier alpha value is -2.44. The van der Waals surface area contributed by atoms with Crippen molar-refractivity contribution in [1.29, 1.82) is 0 Å². The fourth-order valence-corrected chi connectivity index (χ4v) is 4.40. The average molecular weight is 381 g/mol. The highest BCUT2D eigenvalue weighted by Crippen LogP contribution is 2.23. The molecule has 140 valence electrons. The van der Waals surface area contributed by atoms with E-state index in [1.807, 2.05) is 54.2 Å². The van der Waals surface area contributed by atoms with Crippen LogP contribution in [0.5, 0.6) is 0 Å². The Balaban J connectivity index is 1.37. The third kappa shape index (κ3) is 3.96. The van der Waals surface area contributed by atoms with Crippen LogP contribution in [0, 0.1) is 0 Å². The average Bonchev–Trinajstić information content (AvgIpc) is 3.10. The van der Waals surface area contributed by atoms with E-state index in [-0.39, 0.29) is 5.91 Å². The number of thiazole rings is 1. The quantitative estimate of drug-likeness (QED) is 0.696. The Bertz CT molecular complexity index is 911. The van der Waals surface area contributed by atoms with Crippen molar-refractivity contribution >= 4 is 33.1 Å². The molecular weight excluding hydrogens is 356 g/mol. The van der Waals surface area contributed by atoms with Crippen LogP contribution in [0.1, 0.15) is 15.4 Å². The minimum absolute atomic E-state index is 0.123. The van der Waals surface area contributed by atoms with Gasteiger partial charge in [0.2, 0.25) is 0 Å². The maximum atomic E-state index is 12.8. The smallest absolute Gasteiger partial charge is 0.254 e. The Morgan fingerprint density at radius 3 is 2.59 bits per heavy atom. The molecule has 0 N–H and O–H groups in total. The van der Waals surface area contributed by atoms with Gasteiger partial charge in [-0.25, -0.2) is 4.98 Å². The van der Waals surface area contributed by atoms with Crippen LogP contribution in [0.25, 0.3) is 10.2 Å². The minimum Gasteiger partial charge on any atom is -0.378 e. The zero-order chi connectivity index (χ0) is 18.8. The molecule has 2 aromatic carbocycles. The summed E-state index contributed by atoms with van der Waals surface area (Å²) in [6.07, 6.45) is 0. The summed E-state index contributed by atoms with van der Waals surface area (Å²) >= 11 is 1.76. The zero-order valence-electron chi connectivity index (χ0n) is 15.8. The Morgan fingerprint density at radius 1 is 1.07 bits per heavy atom. The largest absolute Gasteiger partial charge is 0.378 e. The van der Waals surface area contributed by atoms with Gasteiger partial charge in [-0.1, -0.05) is 18.2 Å². The van der Waals surface area contributed by atoms with Crippen molar-refractivity contribution in [2.24, 2.45) is 0 Å². The van der Waals surface area contributed by atoms with Crippen molar-refractivity contribution < 1.29 is 4.79 Å². The summed E-state index contributed by atoms with van der Waals surface area (Å²) in [4.78, 5) is 23.9. The molecule has 1 aliphatic heterocycles. The molecule has 1 saturated heterocycles. The van der Waals surface area contributed by atoms with Crippen molar-refractivity contribution in [3.63, 3.8) is 0 Å². The van der Waals surface area contributed by atoms with Crippen molar-refractivity contribution in [2.75, 3.05) is 45.2 Å². The summed E-state index contributed by atoms with van der Waals surface area (Å²) in [5.41, 5.74) is 2.89. The lowest BCUT2D eigenvalue weighted by molar-refractivity contribution is 0.0628. The van der Waals surface area contributed by atoms with Gasteiger partial charge in [0.25, 0.3) is 5.91 Å². The maximum absolute atomic E-state index is 12.8. The normalized spacial score (nSPS) is 15.3. The fraction of sp³-hybridized carbons (Fsp3) is 0.333. The molecule has 27 heavy (non-hydrogen) atoms. The van der Waals surface area contributed by atoms with E-state index in [0.717, 1.165) is 54.5 Å². The summed E-state index contributed by atoms with van der Waals surface area (Å²) < 4.78 is 1.24. The van der Waals surface area contributed by atoms with Crippen molar-refractivity contribution in [3.05, 3.63) is 59.1 Å². The lowest BCUT2D eigenvalue weighted by Crippen LogP contribution is -2.48. The number of nitrogens with zero attached hydrogens (tertiary/aromatic N) is 4. The monoisotopic (exact) mass is 380 g/mol. The molecule has 0 aliphatic carbocycles. The van der Waals surface area contributed by atoms with Crippen LogP contribution in [-0.4, -0.2) is 61.0 Å². The highest BCUT2D eigenvalue weighted by atomic mass is 32.1. The first-order valence-electron chi connectivity index (χ1n) is 9.23. The van der Waals surface area contributed by atoms with E-state index in [1.165, 1.54) is 4.70 Å². The van der Waals surface area contributed by atoms with Gasteiger partial charge in [-0.05, 0) is 30.3 Å². The molecule has 0 saturated carbocycles. The lowest BCUT2D eigenvalue weighted by atomic mass is 10.1. The third-order valence-electron chi connectivity index (χ3n) is 4.97. The predicted molar refractivity (Wildman–Crippen MR) is 112 cm³/mol. The minimum atomic E-state index is 0.123. The number of amides is 1. The molecule has 2 heterocycles. The summed E-state index contributed by atoms with van der Waals surface area (Å²) in [5, 5.41) is 1.15. The standard InChI is InChI=1S/C21H24N4OS/c1-23(2)17-7-5-6-16(14-17)21(26)25-12-10-24(11-13-25)15-20-22-18-8-3-4-9-19(18)27-20/h3-9,14H,10-13,15H2,1-2H3. The third-order valence-corrected chi connectivity index (χ3v) is 5.99. The Morgan fingerprint density at radius 2 is 1.85 bits per heavy atom. The van der Waals surface area contributed by atoms with Gasteiger partial charge in [-0.2, -0.15) is 0 Å². The number of carbonyl (C=O) groups is 1. The van der Waals surface area contributed by atoms with Gasteiger partial charge in [-0.3, -0.25) is 9.69 Å². The van der Waals surface area contributed by atoms with E-state index in [1.54, 1.807) is 11.3 Å². The first-order chi connectivity index (χ1) is 13.1. The van der Waals surface area contributed by atoms with Crippen molar-refractivity contribution in [1.82, 2.24) is 14.8 Å². The molecule has 1 aliphatic rings. The number of benzene rings is 2. The van der Waals surface area contributed by atoms with Gasteiger partial charge in [-0.15, -0.1) is 11.3 Å². The van der Waals surface area contributed by atoms with Crippen LogP contribution < -0.4 is 4.90 Å². The van der Waals surface area contributed by atoms with E-state index < -0.39 is 0 Å². The van der Waals surface area contributed by atoms with Crippen LogP contribution in [-0.2, 0) is 6.54 Å².